The van der Waals surface area contributed by atoms with Gasteiger partial charge in [-0.25, -0.2) is 9.07 Å². The fourth-order valence-electron chi connectivity index (χ4n) is 2.32. The van der Waals surface area contributed by atoms with Gasteiger partial charge in [-0.1, -0.05) is 29.8 Å². The monoisotopic (exact) mass is 376 g/mol. The van der Waals surface area contributed by atoms with E-state index in [1.54, 1.807) is 47.7 Å². The average molecular weight is 377 g/mol. The molecule has 0 atom stereocenters. The zero-order valence-electron chi connectivity index (χ0n) is 14.2. The number of ether oxygens (including phenoxy) is 2. The van der Waals surface area contributed by atoms with Crippen molar-refractivity contribution in [1.82, 2.24) is 14.9 Å². The Balaban J connectivity index is 1.76. The predicted octanol–water partition coefficient (Wildman–Crippen LogP) is 3.79. The fourth-order valence-corrected chi connectivity index (χ4v) is 2.54. The van der Waals surface area contributed by atoms with Gasteiger partial charge in [0.2, 0.25) is 0 Å². The topological polar surface area (TPSA) is 61.2 Å². The minimum absolute atomic E-state index is 0.0847. The van der Waals surface area contributed by atoms with Crippen LogP contribution in [0.15, 0.2) is 49.1 Å². The number of benzene rings is 2. The lowest BCUT2D eigenvalue weighted by Crippen LogP contribution is -2.12. The standard InChI is InChI=1S/C18H18ClFN4O2/c1-2-25-17-7-14(9-23-24-11-21-22-12-24)15(19)8-18(17)26-10-13-5-3-4-6-16(13)20/h3-8,11-12,23H,2,9-10H2,1H3. The number of aromatic nitrogens is 3. The Labute approximate surface area is 155 Å². The molecular formula is C18H18ClFN4O2. The third-order valence-corrected chi connectivity index (χ3v) is 3.98. The Morgan fingerprint density at radius 2 is 1.81 bits per heavy atom. The number of halogens is 2. The van der Waals surface area contributed by atoms with E-state index in [1.165, 1.54) is 6.07 Å². The maximum atomic E-state index is 13.8. The third kappa shape index (κ3) is 4.43. The molecule has 26 heavy (non-hydrogen) atoms. The van der Waals surface area contributed by atoms with E-state index in [2.05, 4.69) is 15.6 Å². The molecule has 1 N–H and O–H groups in total. The van der Waals surface area contributed by atoms with Gasteiger partial charge in [0.15, 0.2) is 11.5 Å². The SMILES string of the molecule is CCOc1cc(CNn2cnnc2)c(Cl)cc1OCc1ccccc1F. The van der Waals surface area contributed by atoms with Crippen molar-refractivity contribution in [3.05, 3.63) is 71.0 Å². The molecule has 0 spiro atoms. The Bertz CT molecular complexity index is 858. The van der Waals surface area contributed by atoms with Gasteiger partial charge < -0.3 is 14.9 Å². The van der Waals surface area contributed by atoms with Crippen LogP contribution in [-0.2, 0) is 13.2 Å². The molecule has 0 amide bonds. The van der Waals surface area contributed by atoms with Gasteiger partial charge in [-0.05, 0) is 24.6 Å². The van der Waals surface area contributed by atoms with Gasteiger partial charge in [0.1, 0.15) is 25.1 Å². The number of hydrogen-bond acceptors (Lipinski definition) is 5. The number of nitrogens with one attached hydrogen (secondary N) is 1. The smallest absolute Gasteiger partial charge is 0.163 e. The van der Waals surface area contributed by atoms with E-state index in [0.29, 0.717) is 35.2 Å². The molecule has 0 bridgehead atoms. The van der Waals surface area contributed by atoms with Crippen LogP contribution in [0.3, 0.4) is 0 Å². The second-order valence-corrected chi connectivity index (χ2v) is 5.81. The van der Waals surface area contributed by atoms with Crippen LogP contribution in [0.2, 0.25) is 5.02 Å². The lowest BCUT2D eigenvalue weighted by Gasteiger charge is -2.16. The van der Waals surface area contributed by atoms with Gasteiger partial charge in [0, 0.05) is 16.7 Å². The Hall–Kier alpha value is -2.80. The van der Waals surface area contributed by atoms with Crippen molar-refractivity contribution in [2.24, 2.45) is 0 Å². The summed E-state index contributed by atoms with van der Waals surface area (Å²) in [6.45, 7) is 2.88. The van der Waals surface area contributed by atoms with Crippen LogP contribution in [-0.4, -0.2) is 21.5 Å². The van der Waals surface area contributed by atoms with E-state index >= 15 is 0 Å². The Kier molecular flexibility index (Phi) is 5.91. The van der Waals surface area contributed by atoms with Gasteiger partial charge in [-0.2, -0.15) is 0 Å². The summed E-state index contributed by atoms with van der Waals surface area (Å²) < 4.78 is 26.8. The lowest BCUT2D eigenvalue weighted by molar-refractivity contribution is 0.265. The first kappa shape index (κ1) is 18.0. The molecule has 0 unspecified atom stereocenters. The first-order valence-electron chi connectivity index (χ1n) is 8.07. The highest BCUT2D eigenvalue weighted by Gasteiger charge is 2.12. The van der Waals surface area contributed by atoms with Gasteiger partial charge in [-0.15, -0.1) is 10.2 Å². The number of nitrogens with zero attached hydrogens (tertiary/aromatic N) is 3. The minimum atomic E-state index is -0.314. The Morgan fingerprint density at radius 3 is 2.54 bits per heavy atom. The molecule has 1 aromatic heterocycles. The maximum Gasteiger partial charge on any atom is 0.163 e. The van der Waals surface area contributed by atoms with Gasteiger partial charge in [-0.3, -0.25) is 0 Å². The number of hydrogen-bond donors (Lipinski definition) is 1. The summed E-state index contributed by atoms with van der Waals surface area (Å²) in [6.07, 6.45) is 3.09. The van der Waals surface area contributed by atoms with E-state index < -0.39 is 0 Å². The van der Waals surface area contributed by atoms with Gasteiger partial charge >= 0.3 is 0 Å². The third-order valence-electron chi connectivity index (χ3n) is 3.62. The molecule has 0 aliphatic heterocycles. The van der Waals surface area contributed by atoms with E-state index in [0.717, 1.165) is 5.56 Å². The molecule has 136 valence electrons. The van der Waals surface area contributed by atoms with Crippen LogP contribution in [0.4, 0.5) is 4.39 Å². The molecule has 0 fully saturated rings. The molecule has 1 heterocycles. The summed E-state index contributed by atoms with van der Waals surface area (Å²) in [5.41, 5.74) is 4.38. The predicted molar refractivity (Wildman–Crippen MR) is 96.4 cm³/mol. The summed E-state index contributed by atoms with van der Waals surface area (Å²) >= 11 is 6.36. The van der Waals surface area contributed by atoms with Crippen molar-refractivity contribution in [2.45, 2.75) is 20.1 Å². The highest BCUT2D eigenvalue weighted by molar-refractivity contribution is 6.31. The minimum Gasteiger partial charge on any atom is -0.490 e. The van der Waals surface area contributed by atoms with Gasteiger partial charge in [0.05, 0.1) is 13.2 Å². The van der Waals surface area contributed by atoms with Crippen LogP contribution in [0.5, 0.6) is 11.5 Å². The van der Waals surface area contributed by atoms with E-state index in [4.69, 9.17) is 21.1 Å². The molecular weight excluding hydrogens is 359 g/mol. The first-order chi connectivity index (χ1) is 12.7. The van der Waals surface area contributed by atoms with E-state index in [9.17, 15) is 4.39 Å². The first-order valence-corrected chi connectivity index (χ1v) is 8.45. The van der Waals surface area contributed by atoms with Crippen molar-refractivity contribution >= 4 is 11.6 Å². The molecule has 8 heteroatoms. The summed E-state index contributed by atoms with van der Waals surface area (Å²) in [6, 6.07) is 9.96. The summed E-state index contributed by atoms with van der Waals surface area (Å²) in [5, 5.41) is 7.95. The molecule has 0 saturated carbocycles. The number of rotatable bonds is 8. The largest absolute Gasteiger partial charge is 0.490 e. The van der Waals surface area contributed by atoms with Gasteiger partial charge in [0.25, 0.3) is 0 Å². The van der Waals surface area contributed by atoms with Crippen LogP contribution >= 0.6 is 11.6 Å². The van der Waals surface area contributed by atoms with Crippen molar-refractivity contribution < 1.29 is 13.9 Å². The molecule has 0 aliphatic rings. The van der Waals surface area contributed by atoms with Crippen LogP contribution in [0, 0.1) is 5.82 Å². The van der Waals surface area contributed by atoms with Crippen molar-refractivity contribution in [1.29, 1.82) is 0 Å². The summed E-state index contributed by atoms with van der Waals surface area (Å²) in [5.74, 6) is 0.702. The average Bonchev–Trinajstić information content (AvgIpc) is 3.15. The normalized spacial score (nSPS) is 10.6. The van der Waals surface area contributed by atoms with Crippen molar-refractivity contribution in [3.63, 3.8) is 0 Å². The quantitative estimate of drug-likeness (QED) is 0.648. The highest BCUT2D eigenvalue weighted by atomic mass is 35.5. The molecule has 3 aromatic rings. The van der Waals surface area contributed by atoms with Crippen LogP contribution in [0.1, 0.15) is 18.1 Å². The van der Waals surface area contributed by atoms with Crippen LogP contribution < -0.4 is 14.9 Å². The Morgan fingerprint density at radius 1 is 1.08 bits per heavy atom. The molecule has 6 nitrogen and oxygen atoms in total. The fraction of sp³-hybridized carbons (Fsp3) is 0.222. The van der Waals surface area contributed by atoms with E-state index in [-0.39, 0.29) is 12.4 Å². The molecule has 0 aliphatic carbocycles. The zero-order chi connectivity index (χ0) is 18.4. The zero-order valence-corrected chi connectivity index (χ0v) is 14.9. The lowest BCUT2D eigenvalue weighted by atomic mass is 10.2. The van der Waals surface area contributed by atoms with E-state index in [1.807, 2.05) is 6.92 Å². The second-order valence-electron chi connectivity index (χ2n) is 5.41. The maximum absolute atomic E-state index is 13.8. The molecule has 2 aromatic carbocycles. The second kappa shape index (κ2) is 8.53. The molecule has 0 radical (unpaired) electrons. The summed E-state index contributed by atoms with van der Waals surface area (Å²) in [4.78, 5) is 0. The summed E-state index contributed by atoms with van der Waals surface area (Å²) in [7, 11) is 0. The molecule has 3 rings (SSSR count). The van der Waals surface area contributed by atoms with Crippen molar-refractivity contribution in [3.8, 4) is 11.5 Å². The van der Waals surface area contributed by atoms with Crippen molar-refractivity contribution in [2.75, 3.05) is 12.0 Å². The van der Waals surface area contributed by atoms with Crippen LogP contribution in [0.25, 0.3) is 0 Å². The highest BCUT2D eigenvalue weighted by Crippen LogP contribution is 2.34. The molecule has 0 saturated heterocycles.